The molecule has 0 amide bonds. The summed E-state index contributed by atoms with van der Waals surface area (Å²) in [4.78, 5) is 19.2. The van der Waals surface area contributed by atoms with Gasteiger partial charge in [0.05, 0.1) is 29.2 Å². The number of ether oxygens (including phenoxy) is 2. The molecule has 2 aromatic carbocycles. The molecule has 0 bridgehead atoms. The molecular weight excluding hydrogens is 445 g/mol. The van der Waals surface area contributed by atoms with Crippen LogP contribution in [0.4, 0.5) is 23.0 Å². The van der Waals surface area contributed by atoms with E-state index in [1.54, 1.807) is 38.5 Å². The van der Waals surface area contributed by atoms with Gasteiger partial charge in [0.2, 0.25) is 11.6 Å². The van der Waals surface area contributed by atoms with Crippen LogP contribution in [0.3, 0.4) is 0 Å². The summed E-state index contributed by atoms with van der Waals surface area (Å²) in [6.07, 6.45) is 1.82. The van der Waals surface area contributed by atoms with Crippen molar-refractivity contribution < 1.29 is 14.4 Å². The molecule has 162 valence electrons. The normalized spacial score (nSPS) is 10.5. The number of nitrogens with zero attached hydrogens (tertiary/aromatic N) is 3. The van der Waals surface area contributed by atoms with Crippen LogP contribution in [0.2, 0.25) is 10.0 Å². The molecule has 0 atom stereocenters. The Kier molecular flexibility index (Phi) is 7.32. The third-order valence-corrected chi connectivity index (χ3v) is 5.08. The van der Waals surface area contributed by atoms with E-state index in [0.29, 0.717) is 40.2 Å². The fourth-order valence-electron chi connectivity index (χ4n) is 2.84. The Morgan fingerprint density at radius 2 is 1.74 bits per heavy atom. The van der Waals surface area contributed by atoms with Crippen LogP contribution in [0, 0.1) is 10.1 Å². The number of nitro groups is 1. The predicted octanol–water partition coefficient (Wildman–Crippen LogP) is 5.11. The Morgan fingerprint density at radius 1 is 1.00 bits per heavy atom. The molecule has 31 heavy (non-hydrogen) atoms. The monoisotopic (exact) mass is 463 g/mol. The lowest BCUT2D eigenvalue weighted by Gasteiger charge is -2.12. The molecule has 11 heteroatoms. The lowest BCUT2D eigenvalue weighted by atomic mass is 10.1. The highest BCUT2D eigenvalue weighted by Crippen LogP contribution is 2.33. The summed E-state index contributed by atoms with van der Waals surface area (Å²) in [7, 11) is 3.13. The zero-order valence-corrected chi connectivity index (χ0v) is 18.2. The van der Waals surface area contributed by atoms with Crippen molar-refractivity contribution in [2.45, 2.75) is 6.42 Å². The second kappa shape index (κ2) is 10.1. The van der Waals surface area contributed by atoms with E-state index in [1.807, 2.05) is 12.1 Å². The largest absolute Gasteiger partial charge is 0.493 e. The first-order chi connectivity index (χ1) is 14.9. The van der Waals surface area contributed by atoms with Crippen molar-refractivity contribution in [1.82, 2.24) is 9.97 Å². The minimum atomic E-state index is -0.543. The average molecular weight is 464 g/mol. The van der Waals surface area contributed by atoms with E-state index in [2.05, 4.69) is 20.6 Å². The number of methoxy groups -OCH3 is 2. The number of benzene rings is 2. The summed E-state index contributed by atoms with van der Waals surface area (Å²) in [6, 6.07) is 10.3. The van der Waals surface area contributed by atoms with E-state index in [0.717, 1.165) is 5.56 Å². The molecule has 1 heterocycles. The van der Waals surface area contributed by atoms with Crippen LogP contribution >= 0.6 is 23.2 Å². The van der Waals surface area contributed by atoms with Gasteiger partial charge in [-0.2, -0.15) is 0 Å². The molecule has 0 radical (unpaired) electrons. The van der Waals surface area contributed by atoms with Crippen LogP contribution in [-0.4, -0.2) is 35.7 Å². The first-order valence-corrected chi connectivity index (χ1v) is 9.84. The van der Waals surface area contributed by atoms with Gasteiger partial charge in [-0.25, -0.2) is 9.97 Å². The fraction of sp³-hybridized carbons (Fsp3) is 0.200. The lowest BCUT2D eigenvalue weighted by Crippen LogP contribution is -2.11. The van der Waals surface area contributed by atoms with Crippen LogP contribution in [0.5, 0.6) is 11.5 Å². The molecule has 0 fully saturated rings. The second-order valence-electron chi connectivity index (χ2n) is 6.30. The van der Waals surface area contributed by atoms with E-state index >= 15 is 0 Å². The zero-order chi connectivity index (χ0) is 22.4. The van der Waals surface area contributed by atoms with Gasteiger partial charge in [0.25, 0.3) is 0 Å². The Labute approximate surface area is 188 Å². The Morgan fingerprint density at radius 3 is 2.42 bits per heavy atom. The Bertz CT molecular complexity index is 1100. The predicted molar refractivity (Wildman–Crippen MR) is 120 cm³/mol. The quantitative estimate of drug-likeness (QED) is 0.332. The van der Waals surface area contributed by atoms with Gasteiger partial charge in [-0.15, -0.1) is 0 Å². The molecule has 3 rings (SSSR count). The maximum Gasteiger partial charge on any atom is 0.353 e. The summed E-state index contributed by atoms with van der Waals surface area (Å²) in [5, 5.41) is 18.3. The number of nitrogens with one attached hydrogen (secondary N) is 2. The molecule has 0 aliphatic rings. The van der Waals surface area contributed by atoms with Gasteiger partial charge in [-0.1, -0.05) is 29.3 Å². The minimum Gasteiger partial charge on any atom is -0.493 e. The average Bonchev–Trinajstić information content (AvgIpc) is 2.76. The zero-order valence-electron chi connectivity index (χ0n) is 16.7. The molecule has 0 aliphatic heterocycles. The second-order valence-corrected chi connectivity index (χ2v) is 7.11. The highest BCUT2D eigenvalue weighted by molar-refractivity contribution is 6.42. The molecular formula is C20H19Cl2N5O4. The third kappa shape index (κ3) is 5.44. The first kappa shape index (κ1) is 22.4. The number of hydrogen-bond donors (Lipinski definition) is 2. The van der Waals surface area contributed by atoms with Crippen LogP contribution in [-0.2, 0) is 6.42 Å². The maximum absolute atomic E-state index is 11.7. The van der Waals surface area contributed by atoms with E-state index in [4.69, 9.17) is 32.7 Å². The van der Waals surface area contributed by atoms with E-state index in [-0.39, 0.29) is 17.3 Å². The minimum absolute atomic E-state index is 0.0343. The summed E-state index contributed by atoms with van der Waals surface area (Å²) in [5.41, 5.74) is 1.20. The van der Waals surface area contributed by atoms with Gasteiger partial charge in [0.1, 0.15) is 6.33 Å². The Hall–Kier alpha value is -3.30. The van der Waals surface area contributed by atoms with Crippen molar-refractivity contribution in [3.8, 4) is 11.5 Å². The third-order valence-electron chi connectivity index (χ3n) is 4.34. The molecule has 0 aliphatic carbocycles. The van der Waals surface area contributed by atoms with Crippen molar-refractivity contribution in [2.24, 2.45) is 0 Å². The highest BCUT2D eigenvalue weighted by atomic mass is 35.5. The van der Waals surface area contributed by atoms with E-state index in [9.17, 15) is 10.1 Å². The van der Waals surface area contributed by atoms with Crippen LogP contribution < -0.4 is 20.1 Å². The van der Waals surface area contributed by atoms with Crippen LogP contribution in [0.1, 0.15) is 5.56 Å². The van der Waals surface area contributed by atoms with Gasteiger partial charge in [-0.3, -0.25) is 10.1 Å². The lowest BCUT2D eigenvalue weighted by molar-refractivity contribution is -0.383. The van der Waals surface area contributed by atoms with Crippen molar-refractivity contribution in [3.63, 3.8) is 0 Å². The fourth-order valence-corrected chi connectivity index (χ4v) is 3.14. The molecule has 2 N–H and O–H groups in total. The SMILES string of the molecule is COc1ccc(CCNc2ncnc(Nc3ccc(Cl)c(Cl)c3)c2[N+](=O)[O-])cc1OC. The summed E-state index contributed by atoms with van der Waals surface area (Å²) >= 11 is 11.9. The summed E-state index contributed by atoms with van der Waals surface area (Å²) < 4.78 is 10.5. The van der Waals surface area contributed by atoms with Crippen molar-refractivity contribution in [1.29, 1.82) is 0 Å². The Balaban J connectivity index is 1.76. The maximum atomic E-state index is 11.7. The highest BCUT2D eigenvalue weighted by Gasteiger charge is 2.23. The topological polar surface area (TPSA) is 111 Å². The first-order valence-electron chi connectivity index (χ1n) is 9.09. The molecule has 0 saturated heterocycles. The van der Waals surface area contributed by atoms with Crippen molar-refractivity contribution in [3.05, 3.63) is 68.4 Å². The van der Waals surface area contributed by atoms with Gasteiger partial charge in [0.15, 0.2) is 11.5 Å². The van der Waals surface area contributed by atoms with Gasteiger partial charge < -0.3 is 20.1 Å². The van der Waals surface area contributed by atoms with Gasteiger partial charge >= 0.3 is 5.69 Å². The number of hydrogen-bond acceptors (Lipinski definition) is 8. The van der Waals surface area contributed by atoms with Crippen LogP contribution in [0.15, 0.2) is 42.7 Å². The van der Waals surface area contributed by atoms with Crippen molar-refractivity contribution >= 4 is 46.2 Å². The van der Waals surface area contributed by atoms with E-state index < -0.39 is 4.92 Å². The number of rotatable bonds is 9. The molecule has 9 nitrogen and oxygen atoms in total. The molecule has 1 aromatic heterocycles. The van der Waals surface area contributed by atoms with Gasteiger partial charge in [0, 0.05) is 12.2 Å². The summed E-state index contributed by atoms with van der Waals surface area (Å²) in [6.45, 7) is 0.402. The van der Waals surface area contributed by atoms with Gasteiger partial charge in [-0.05, 0) is 42.3 Å². The van der Waals surface area contributed by atoms with E-state index in [1.165, 1.54) is 6.33 Å². The molecule has 0 saturated carbocycles. The molecule has 0 spiro atoms. The number of halogens is 2. The molecule has 0 unspecified atom stereocenters. The van der Waals surface area contributed by atoms with Crippen LogP contribution in [0.25, 0.3) is 0 Å². The molecule has 3 aromatic rings. The standard InChI is InChI=1S/C20H19Cl2N5O4/c1-30-16-6-3-12(9-17(16)31-2)7-8-23-19-18(27(28)29)20(25-11-24-19)26-13-4-5-14(21)15(22)10-13/h3-6,9-11H,7-8H2,1-2H3,(H2,23,24,25,26). The van der Waals surface area contributed by atoms with Crippen molar-refractivity contribution in [2.75, 3.05) is 31.4 Å². The number of anilines is 3. The number of aromatic nitrogens is 2. The smallest absolute Gasteiger partial charge is 0.353 e. The summed E-state index contributed by atoms with van der Waals surface area (Å²) in [5.74, 6) is 1.37.